The highest BCUT2D eigenvalue weighted by Gasteiger charge is 2.36. The highest BCUT2D eigenvalue weighted by atomic mass is 35.5. The molecule has 1 saturated heterocycles. The van der Waals surface area contributed by atoms with Gasteiger partial charge in [-0.15, -0.1) is 0 Å². The molecule has 0 bridgehead atoms. The molecule has 4 rings (SSSR count). The molecule has 0 aliphatic carbocycles. The SMILES string of the molecule is CCCCC1CN(CC(N)Cc2ccc(Cl)cc2Cl)C(CCCN=C(N)N)CN1C(=O)Cc1ccc2ccccc2c1. The Morgan fingerprint density at radius 1 is 0.976 bits per heavy atom. The van der Waals surface area contributed by atoms with Gasteiger partial charge in [-0.25, -0.2) is 0 Å². The van der Waals surface area contributed by atoms with Crippen molar-refractivity contribution in [2.45, 2.75) is 70.0 Å². The number of unbranched alkanes of at least 4 members (excludes halogenated alkanes) is 1. The Morgan fingerprint density at radius 3 is 2.48 bits per heavy atom. The summed E-state index contributed by atoms with van der Waals surface area (Å²) >= 11 is 12.6. The molecule has 3 aromatic carbocycles. The zero-order valence-electron chi connectivity index (χ0n) is 24.5. The van der Waals surface area contributed by atoms with Crippen LogP contribution in [0, 0.1) is 0 Å². The van der Waals surface area contributed by atoms with Gasteiger partial charge in [-0.05, 0) is 59.7 Å². The molecule has 0 radical (unpaired) electrons. The zero-order chi connectivity index (χ0) is 30.1. The fourth-order valence-corrected chi connectivity index (χ4v) is 6.48. The molecule has 1 heterocycles. The van der Waals surface area contributed by atoms with E-state index in [1.54, 1.807) is 6.07 Å². The number of carbonyl (C=O) groups is 1. The zero-order valence-corrected chi connectivity index (χ0v) is 26.0. The Balaban J connectivity index is 1.51. The lowest BCUT2D eigenvalue weighted by atomic mass is 9.96. The van der Waals surface area contributed by atoms with Crippen molar-refractivity contribution in [1.29, 1.82) is 0 Å². The number of fused-ring (bicyclic) bond motifs is 1. The summed E-state index contributed by atoms with van der Waals surface area (Å²) < 4.78 is 0. The van der Waals surface area contributed by atoms with Gasteiger partial charge in [0.15, 0.2) is 5.96 Å². The largest absolute Gasteiger partial charge is 0.370 e. The number of guanidine groups is 1. The summed E-state index contributed by atoms with van der Waals surface area (Å²) in [5.41, 5.74) is 19.9. The van der Waals surface area contributed by atoms with E-state index in [2.05, 4.69) is 52.0 Å². The summed E-state index contributed by atoms with van der Waals surface area (Å²) in [7, 11) is 0. The van der Waals surface area contributed by atoms with Crippen LogP contribution < -0.4 is 17.2 Å². The maximum absolute atomic E-state index is 13.9. The molecular weight excluding hydrogens is 567 g/mol. The normalized spacial score (nSPS) is 18.2. The van der Waals surface area contributed by atoms with Crippen LogP contribution in [0.25, 0.3) is 10.8 Å². The molecular formula is C33H44Cl2N6O. The van der Waals surface area contributed by atoms with Crippen LogP contribution in [0.4, 0.5) is 0 Å². The van der Waals surface area contributed by atoms with E-state index in [0.29, 0.717) is 42.5 Å². The van der Waals surface area contributed by atoms with Crippen molar-refractivity contribution in [3.05, 3.63) is 81.8 Å². The Labute approximate surface area is 260 Å². The number of rotatable bonds is 13. The molecule has 3 atom stereocenters. The number of amides is 1. The average Bonchev–Trinajstić information content (AvgIpc) is 2.96. The van der Waals surface area contributed by atoms with Crippen LogP contribution in [-0.4, -0.2) is 66.0 Å². The van der Waals surface area contributed by atoms with Gasteiger partial charge in [-0.2, -0.15) is 0 Å². The van der Waals surface area contributed by atoms with Crippen LogP contribution in [0.1, 0.15) is 50.2 Å². The quantitative estimate of drug-likeness (QED) is 0.136. The van der Waals surface area contributed by atoms with E-state index < -0.39 is 0 Å². The first-order valence-electron chi connectivity index (χ1n) is 15.0. The van der Waals surface area contributed by atoms with Crippen molar-refractivity contribution in [1.82, 2.24) is 9.80 Å². The number of halogens is 2. The third kappa shape index (κ3) is 9.08. The Kier molecular flexibility index (Phi) is 11.9. The molecule has 1 aliphatic rings. The van der Waals surface area contributed by atoms with Crippen molar-refractivity contribution in [3.63, 3.8) is 0 Å². The fourth-order valence-electron chi connectivity index (χ4n) is 6.00. The van der Waals surface area contributed by atoms with Gasteiger partial charge in [-0.1, -0.05) is 91.5 Å². The molecule has 7 nitrogen and oxygen atoms in total. The first-order valence-corrected chi connectivity index (χ1v) is 15.7. The van der Waals surface area contributed by atoms with Gasteiger partial charge < -0.3 is 22.1 Å². The van der Waals surface area contributed by atoms with E-state index >= 15 is 0 Å². The van der Waals surface area contributed by atoms with Crippen LogP contribution in [0.3, 0.4) is 0 Å². The molecule has 0 spiro atoms. The molecule has 3 unspecified atom stereocenters. The predicted molar refractivity (Wildman–Crippen MR) is 176 cm³/mol. The second-order valence-electron chi connectivity index (χ2n) is 11.5. The highest BCUT2D eigenvalue weighted by Crippen LogP contribution is 2.26. The van der Waals surface area contributed by atoms with Gasteiger partial charge in [0.25, 0.3) is 0 Å². The minimum atomic E-state index is -0.115. The summed E-state index contributed by atoms with van der Waals surface area (Å²) in [5.74, 6) is 0.279. The first kappa shape index (κ1) is 32.1. The van der Waals surface area contributed by atoms with Crippen LogP contribution >= 0.6 is 23.2 Å². The van der Waals surface area contributed by atoms with E-state index in [-0.39, 0.29) is 30.0 Å². The molecule has 42 heavy (non-hydrogen) atoms. The number of hydrogen-bond donors (Lipinski definition) is 3. The van der Waals surface area contributed by atoms with E-state index in [1.807, 2.05) is 24.3 Å². The molecule has 226 valence electrons. The van der Waals surface area contributed by atoms with Crippen molar-refractivity contribution in [3.8, 4) is 0 Å². The molecule has 1 fully saturated rings. The number of carbonyl (C=O) groups excluding carboxylic acids is 1. The maximum atomic E-state index is 13.9. The minimum Gasteiger partial charge on any atom is -0.370 e. The second kappa shape index (κ2) is 15.6. The molecule has 0 aromatic heterocycles. The van der Waals surface area contributed by atoms with Crippen molar-refractivity contribution in [2.75, 3.05) is 26.2 Å². The Hall–Kier alpha value is -2.84. The fraction of sp³-hybridized carbons (Fsp3) is 0.455. The van der Waals surface area contributed by atoms with Gasteiger partial charge in [0.1, 0.15) is 0 Å². The third-order valence-corrected chi connectivity index (χ3v) is 8.73. The Bertz CT molecular complexity index is 1360. The smallest absolute Gasteiger partial charge is 0.227 e. The molecule has 0 saturated carbocycles. The number of hydrogen-bond acceptors (Lipinski definition) is 4. The van der Waals surface area contributed by atoms with Crippen LogP contribution in [-0.2, 0) is 17.6 Å². The number of nitrogens with zero attached hydrogens (tertiary/aromatic N) is 3. The van der Waals surface area contributed by atoms with Crippen molar-refractivity contribution in [2.24, 2.45) is 22.2 Å². The monoisotopic (exact) mass is 610 g/mol. The highest BCUT2D eigenvalue weighted by molar-refractivity contribution is 6.35. The number of aliphatic imine (C=N–C) groups is 1. The lowest BCUT2D eigenvalue weighted by molar-refractivity contribution is -0.137. The van der Waals surface area contributed by atoms with Crippen molar-refractivity contribution < 1.29 is 4.79 Å². The lowest BCUT2D eigenvalue weighted by Gasteiger charge is -2.47. The van der Waals surface area contributed by atoms with E-state index in [1.165, 1.54) is 5.39 Å². The summed E-state index contributed by atoms with van der Waals surface area (Å²) in [4.78, 5) is 22.7. The first-order chi connectivity index (χ1) is 20.2. The summed E-state index contributed by atoms with van der Waals surface area (Å²) in [6.07, 6.45) is 5.85. The van der Waals surface area contributed by atoms with Crippen LogP contribution in [0.15, 0.2) is 65.7 Å². The minimum absolute atomic E-state index is 0.101. The summed E-state index contributed by atoms with van der Waals surface area (Å²) in [5, 5.41) is 3.58. The van der Waals surface area contributed by atoms with Crippen LogP contribution in [0.2, 0.25) is 10.0 Å². The van der Waals surface area contributed by atoms with E-state index in [0.717, 1.165) is 55.2 Å². The van der Waals surface area contributed by atoms with E-state index in [9.17, 15) is 4.79 Å². The van der Waals surface area contributed by atoms with Gasteiger partial charge in [0.05, 0.1) is 6.42 Å². The third-order valence-electron chi connectivity index (χ3n) is 8.15. The van der Waals surface area contributed by atoms with Gasteiger partial charge in [-0.3, -0.25) is 14.7 Å². The topological polar surface area (TPSA) is 114 Å². The number of nitrogens with two attached hydrogens (primary N) is 3. The molecule has 1 amide bonds. The van der Waals surface area contributed by atoms with E-state index in [4.69, 9.17) is 40.4 Å². The number of piperazine rings is 1. The van der Waals surface area contributed by atoms with Crippen LogP contribution in [0.5, 0.6) is 0 Å². The van der Waals surface area contributed by atoms with Gasteiger partial charge >= 0.3 is 0 Å². The van der Waals surface area contributed by atoms with Crippen molar-refractivity contribution >= 4 is 45.8 Å². The van der Waals surface area contributed by atoms with Gasteiger partial charge in [0.2, 0.25) is 5.91 Å². The Morgan fingerprint density at radius 2 is 1.74 bits per heavy atom. The molecule has 9 heteroatoms. The standard InChI is InChI=1S/C33H44Cl2N6O/c1-2-3-9-30-21-40(20-28(36)18-26-13-14-27(34)19-31(26)35)29(10-6-15-39-33(37)38)22-41(30)32(42)17-23-11-12-24-7-4-5-8-25(24)16-23/h4-5,7-8,11-14,16,19,28-30H,2-3,6,9-10,15,17-18,20-22,36H2,1H3,(H4,37,38,39). The molecule has 1 aliphatic heterocycles. The second-order valence-corrected chi connectivity index (χ2v) is 12.3. The predicted octanol–water partition coefficient (Wildman–Crippen LogP) is 5.38. The number of benzene rings is 3. The summed E-state index contributed by atoms with van der Waals surface area (Å²) in [6.45, 7) is 4.92. The average molecular weight is 612 g/mol. The molecule has 3 aromatic rings. The maximum Gasteiger partial charge on any atom is 0.227 e. The lowest BCUT2D eigenvalue weighted by Crippen LogP contribution is -2.61. The molecule has 6 N–H and O–H groups in total. The van der Waals surface area contributed by atoms with Gasteiger partial charge in [0, 0.05) is 54.3 Å². The summed E-state index contributed by atoms with van der Waals surface area (Å²) in [6, 6.07) is 20.3.